The van der Waals surface area contributed by atoms with Crippen molar-refractivity contribution in [2.45, 2.75) is 63.7 Å². The lowest BCUT2D eigenvalue weighted by molar-refractivity contribution is -0.139. The van der Waals surface area contributed by atoms with Crippen molar-refractivity contribution in [1.82, 2.24) is 9.80 Å². The maximum Gasteiger partial charge on any atom is 0.229 e. The van der Waals surface area contributed by atoms with E-state index in [1.165, 1.54) is 24.2 Å². The molecule has 2 aliphatic heterocycles. The first kappa shape index (κ1) is 15.6. The highest BCUT2D eigenvalue weighted by Gasteiger charge is 2.38. The van der Waals surface area contributed by atoms with Gasteiger partial charge in [-0.05, 0) is 43.9 Å². The molecule has 128 valence electrons. The molecule has 2 amide bonds. The summed E-state index contributed by atoms with van der Waals surface area (Å²) in [6, 6.07) is 10.1. The van der Waals surface area contributed by atoms with E-state index in [2.05, 4.69) is 29.3 Å². The van der Waals surface area contributed by atoms with Gasteiger partial charge in [0.15, 0.2) is 0 Å². The minimum Gasteiger partial charge on any atom is -0.381 e. The number of hydrogen-bond acceptors (Lipinski definition) is 4. The van der Waals surface area contributed by atoms with Crippen molar-refractivity contribution in [2.24, 2.45) is 0 Å². The minimum atomic E-state index is -0.0534. The van der Waals surface area contributed by atoms with Gasteiger partial charge in [0.25, 0.3) is 0 Å². The molecule has 2 saturated heterocycles. The summed E-state index contributed by atoms with van der Waals surface area (Å²) in [6.07, 6.45) is 4.63. The Morgan fingerprint density at radius 1 is 1.08 bits per heavy atom. The van der Waals surface area contributed by atoms with Crippen LogP contribution in [-0.4, -0.2) is 46.3 Å². The second kappa shape index (κ2) is 6.20. The fourth-order valence-corrected chi connectivity index (χ4v) is 4.00. The van der Waals surface area contributed by atoms with E-state index in [-0.39, 0.29) is 11.8 Å². The van der Waals surface area contributed by atoms with E-state index in [1.54, 1.807) is 0 Å². The summed E-state index contributed by atoms with van der Waals surface area (Å²) < 4.78 is 0. The largest absolute Gasteiger partial charge is 0.381 e. The lowest BCUT2D eigenvalue weighted by Crippen LogP contribution is -2.31. The molecule has 2 heterocycles. The van der Waals surface area contributed by atoms with Gasteiger partial charge in [-0.2, -0.15) is 0 Å². The Bertz CT molecular complexity index is 623. The van der Waals surface area contributed by atoms with Crippen molar-refractivity contribution in [3.63, 3.8) is 0 Å². The number of amides is 2. The number of nitrogens with zero attached hydrogens (tertiary/aromatic N) is 2. The third-order valence-electron chi connectivity index (χ3n) is 5.46. The molecule has 1 aliphatic carbocycles. The lowest BCUT2D eigenvalue weighted by atomic mass is 10.1. The fourth-order valence-electron chi connectivity index (χ4n) is 4.00. The predicted molar refractivity (Wildman–Crippen MR) is 92.5 cm³/mol. The number of carbonyl (C=O) groups is 2. The van der Waals surface area contributed by atoms with Crippen molar-refractivity contribution in [2.75, 3.05) is 11.9 Å². The zero-order valence-electron chi connectivity index (χ0n) is 14.2. The van der Waals surface area contributed by atoms with Crippen molar-refractivity contribution >= 4 is 17.5 Å². The number of anilines is 1. The Hall–Kier alpha value is -1.88. The number of benzene rings is 1. The van der Waals surface area contributed by atoms with Gasteiger partial charge in [-0.25, -0.2) is 0 Å². The van der Waals surface area contributed by atoms with Crippen molar-refractivity contribution < 1.29 is 9.59 Å². The fraction of sp³-hybridized carbons (Fsp3) is 0.579. The van der Waals surface area contributed by atoms with Crippen molar-refractivity contribution in [1.29, 1.82) is 0 Å². The quantitative estimate of drug-likeness (QED) is 0.844. The Kier molecular flexibility index (Phi) is 4.04. The van der Waals surface area contributed by atoms with Gasteiger partial charge in [-0.15, -0.1) is 0 Å². The monoisotopic (exact) mass is 327 g/mol. The molecule has 0 spiro atoms. The Labute approximate surface area is 143 Å². The van der Waals surface area contributed by atoms with Crippen LogP contribution in [0.3, 0.4) is 0 Å². The zero-order chi connectivity index (χ0) is 16.7. The van der Waals surface area contributed by atoms with Gasteiger partial charge in [0, 0.05) is 43.2 Å². The maximum absolute atomic E-state index is 11.7. The molecule has 0 aromatic heterocycles. The second-order valence-corrected chi connectivity index (χ2v) is 7.42. The summed E-state index contributed by atoms with van der Waals surface area (Å²) in [5.74, 6) is -0.107. The average molecular weight is 327 g/mol. The standard InChI is InChI=1S/C19H25N3O2/c1-13-10-16(12-21(13)17-6-7-17)20-15-4-2-14(3-5-15)11-22-18(23)8-9-19(22)24/h2-5,13,16-17,20H,6-12H2,1H3/t13-,16+/m1/s1. The Balaban J connectivity index is 1.34. The van der Waals surface area contributed by atoms with Crippen LogP contribution in [0.25, 0.3) is 0 Å². The van der Waals surface area contributed by atoms with Crippen LogP contribution >= 0.6 is 0 Å². The number of rotatable bonds is 5. The maximum atomic E-state index is 11.7. The first-order valence-corrected chi connectivity index (χ1v) is 9.04. The summed E-state index contributed by atoms with van der Waals surface area (Å²) in [7, 11) is 0. The summed E-state index contributed by atoms with van der Waals surface area (Å²) in [5, 5.41) is 3.63. The van der Waals surface area contributed by atoms with Gasteiger partial charge in [-0.1, -0.05) is 12.1 Å². The highest BCUT2D eigenvalue weighted by atomic mass is 16.2. The van der Waals surface area contributed by atoms with E-state index in [0.717, 1.165) is 23.8 Å². The number of carbonyl (C=O) groups excluding carboxylic acids is 2. The first-order valence-electron chi connectivity index (χ1n) is 9.04. The molecule has 0 unspecified atom stereocenters. The van der Waals surface area contributed by atoms with Gasteiger partial charge >= 0.3 is 0 Å². The van der Waals surface area contributed by atoms with Crippen molar-refractivity contribution in [3.05, 3.63) is 29.8 Å². The van der Waals surface area contributed by atoms with E-state index in [1.807, 2.05) is 12.1 Å². The summed E-state index contributed by atoms with van der Waals surface area (Å²) >= 11 is 0. The SMILES string of the molecule is C[C@@H]1C[C@H](Nc2ccc(CN3C(=O)CCC3=O)cc2)CN1C1CC1. The highest BCUT2D eigenvalue weighted by Crippen LogP contribution is 2.34. The molecule has 2 atom stereocenters. The Morgan fingerprint density at radius 3 is 2.38 bits per heavy atom. The van der Waals surface area contributed by atoms with Crippen molar-refractivity contribution in [3.8, 4) is 0 Å². The van der Waals surface area contributed by atoms with Gasteiger partial charge in [0.1, 0.15) is 0 Å². The topological polar surface area (TPSA) is 52.7 Å². The third kappa shape index (κ3) is 3.18. The summed E-state index contributed by atoms with van der Waals surface area (Å²) in [6.45, 7) is 3.85. The zero-order valence-corrected chi connectivity index (χ0v) is 14.2. The van der Waals surface area contributed by atoms with Crippen LogP contribution in [0.5, 0.6) is 0 Å². The molecular formula is C19H25N3O2. The normalized spacial score (nSPS) is 28.0. The van der Waals surface area contributed by atoms with Crippen LogP contribution in [0.15, 0.2) is 24.3 Å². The van der Waals surface area contributed by atoms with E-state index in [0.29, 0.717) is 31.5 Å². The first-order chi connectivity index (χ1) is 11.6. The molecule has 5 nitrogen and oxygen atoms in total. The predicted octanol–water partition coefficient (Wildman–Crippen LogP) is 2.37. The van der Waals surface area contributed by atoms with Gasteiger partial charge in [0.2, 0.25) is 11.8 Å². The summed E-state index contributed by atoms with van der Waals surface area (Å²) in [5.41, 5.74) is 2.12. The van der Waals surface area contributed by atoms with Crippen LogP contribution in [0.1, 0.15) is 44.6 Å². The smallest absolute Gasteiger partial charge is 0.229 e. The number of nitrogens with one attached hydrogen (secondary N) is 1. The van der Waals surface area contributed by atoms with E-state index in [4.69, 9.17) is 0 Å². The molecule has 5 heteroatoms. The molecule has 3 aliphatic rings. The molecule has 4 rings (SSSR count). The third-order valence-corrected chi connectivity index (χ3v) is 5.46. The van der Waals surface area contributed by atoms with Crippen LogP contribution < -0.4 is 5.32 Å². The number of imide groups is 1. The van der Waals surface area contributed by atoms with Gasteiger partial charge < -0.3 is 5.32 Å². The van der Waals surface area contributed by atoms with Gasteiger partial charge in [-0.3, -0.25) is 19.4 Å². The summed E-state index contributed by atoms with van der Waals surface area (Å²) in [4.78, 5) is 27.4. The molecule has 1 aromatic rings. The second-order valence-electron chi connectivity index (χ2n) is 7.42. The van der Waals surface area contributed by atoms with Crippen LogP contribution in [0.4, 0.5) is 5.69 Å². The number of likely N-dealkylation sites (tertiary alicyclic amines) is 2. The molecule has 0 bridgehead atoms. The lowest BCUT2D eigenvalue weighted by Gasteiger charge is -2.20. The molecule has 0 radical (unpaired) electrons. The molecule has 1 N–H and O–H groups in total. The van der Waals surface area contributed by atoms with E-state index < -0.39 is 0 Å². The highest BCUT2D eigenvalue weighted by molar-refractivity contribution is 6.01. The van der Waals surface area contributed by atoms with Crippen LogP contribution in [0.2, 0.25) is 0 Å². The Morgan fingerprint density at radius 2 is 1.75 bits per heavy atom. The molecular weight excluding hydrogens is 302 g/mol. The molecule has 24 heavy (non-hydrogen) atoms. The average Bonchev–Trinajstić information content (AvgIpc) is 3.28. The molecule has 3 fully saturated rings. The molecule has 1 aromatic carbocycles. The minimum absolute atomic E-state index is 0.0534. The van der Waals surface area contributed by atoms with E-state index >= 15 is 0 Å². The molecule has 1 saturated carbocycles. The van der Waals surface area contributed by atoms with Crippen LogP contribution in [-0.2, 0) is 16.1 Å². The van der Waals surface area contributed by atoms with Crippen LogP contribution in [0, 0.1) is 0 Å². The van der Waals surface area contributed by atoms with Gasteiger partial charge in [0.05, 0.1) is 6.54 Å². The number of hydrogen-bond donors (Lipinski definition) is 1. The van der Waals surface area contributed by atoms with E-state index in [9.17, 15) is 9.59 Å².